The number of carboxylic acid groups (broad SMARTS) is 1. The summed E-state index contributed by atoms with van der Waals surface area (Å²) in [5.41, 5.74) is -0.865. The fraction of sp³-hybridized carbons (Fsp3) is 0.467. The van der Waals surface area contributed by atoms with E-state index < -0.39 is 11.5 Å². The summed E-state index contributed by atoms with van der Waals surface area (Å²) >= 11 is 0. The number of hydrogen-bond donors (Lipinski definition) is 1. The highest BCUT2D eigenvalue weighted by molar-refractivity contribution is 5.97. The summed E-state index contributed by atoms with van der Waals surface area (Å²) < 4.78 is 10.3. The summed E-state index contributed by atoms with van der Waals surface area (Å²) in [6.07, 6.45) is 0. The number of nitrogens with zero attached hydrogens (tertiary/aromatic N) is 1. The van der Waals surface area contributed by atoms with Gasteiger partial charge in [-0.3, -0.25) is 4.79 Å². The van der Waals surface area contributed by atoms with Gasteiger partial charge in [0, 0.05) is 19.7 Å². The van der Waals surface area contributed by atoms with Crippen molar-refractivity contribution in [1.29, 1.82) is 0 Å². The first-order valence-electron chi connectivity index (χ1n) is 6.54. The van der Waals surface area contributed by atoms with Crippen LogP contribution in [0.3, 0.4) is 0 Å². The van der Waals surface area contributed by atoms with Gasteiger partial charge in [-0.05, 0) is 38.1 Å². The van der Waals surface area contributed by atoms with Crippen molar-refractivity contribution in [1.82, 2.24) is 4.90 Å². The van der Waals surface area contributed by atoms with Gasteiger partial charge in [0.15, 0.2) is 0 Å². The Balaban J connectivity index is 2.77. The molecule has 0 aliphatic carbocycles. The third-order valence-electron chi connectivity index (χ3n) is 3.32. The molecular weight excluding hydrogens is 274 g/mol. The van der Waals surface area contributed by atoms with Crippen molar-refractivity contribution in [2.75, 3.05) is 27.4 Å². The number of likely N-dealkylation sites (N-methyl/N-ethyl adjacent to an activating group) is 1. The van der Waals surface area contributed by atoms with E-state index in [2.05, 4.69) is 0 Å². The van der Waals surface area contributed by atoms with Gasteiger partial charge < -0.3 is 19.5 Å². The average Bonchev–Trinajstić information content (AvgIpc) is 2.46. The number of methoxy groups -OCH3 is 1. The molecule has 21 heavy (non-hydrogen) atoms. The van der Waals surface area contributed by atoms with Gasteiger partial charge in [0.25, 0.3) is 5.91 Å². The van der Waals surface area contributed by atoms with Gasteiger partial charge in [0.2, 0.25) is 0 Å². The molecule has 0 unspecified atom stereocenters. The summed E-state index contributed by atoms with van der Waals surface area (Å²) in [4.78, 5) is 24.6. The monoisotopic (exact) mass is 295 g/mol. The number of aliphatic carboxylic acids is 1. The number of amides is 1. The second kappa shape index (κ2) is 7.08. The summed E-state index contributed by atoms with van der Waals surface area (Å²) in [6.45, 7) is 3.87. The molecule has 0 spiro atoms. The highest BCUT2D eigenvalue weighted by Crippen LogP contribution is 2.18. The molecule has 1 amide bonds. The maximum Gasteiger partial charge on any atom is 0.329 e. The van der Waals surface area contributed by atoms with E-state index in [4.69, 9.17) is 14.6 Å². The third-order valence-corrected chi connectivity index (χ3v) is 3.32. The Labute approximate surface area is 124 Å². The highest BCUT2D eigenvalue weighted by atomic mass is 16.5. The summed E-state index contributed by atoms with van der Waals surface area (Å²) in [7, 11) is 3.06. The van der Waals surface area contributed by atoms with E-state index in [1.165, 1.54) is 25.8 Å². The summed E-state index contributed by atoms with van der Waals surface area (Å²) in [6, 6.07) is 6.56. The van der Waals surface area contributed by atoms with Crippen molar-refractivity contribution >= 4 is 11.9 Å². The number of hydrogen-bond acceptors (Lipinski definition) is 4. The molecule has 1 aromatic carbocycles. The largest absolute Gasteiger partial charge is 0.491 e. The first-order valence-corrected chi connectivity index (χ1v) is 6.54. The number of rotatable bonds is 7. The van der Waals surface area contributed by atoms with Crippen LogP contribution in [-0.4, -0.2) is 54.8 Å². The minimum Gasteiger partial charge on any atom is -0.491 e. The normalized spacial score (nSPS) is 11.0. The van der Waals surface area contributed by atoms with Crippen LogP contribution in [0.4, 0.5) is 0 Å². The molecule has 0 saturated carbocycles. The smallest absolute Gasteiger partial charge is 0.329 e. The number of benzene rings is 1. The molecule has 6 nitrogen and oxygen atoms in total. The molecule has 0 atom stereocenters. The SMILES string of the molecule is COCCOc1ccc(C(=O)N(C)C(C)(C)C(=O)O)cc1. The van der Waals surface area contributed by atoms with Gasteiger partial charge in [0.1, 0.15) is 17.9 Å². The molecule has 0 aliphatic heterocycles. The van der Waals surface area contributed by atoms with E-state index in [1.54, 1.807) is 31.4 Å². The Bertz CT molecular complexity index is 495. The molecule has 1 aromatic rings. The van der Waals surface area contributed by atoms with Gasteiger partial charge in [-0.15, -0.1) is 0 Å². The number of carbonyl (C=O) groups is 2. The Morgan fingerprint density at radius 3 is 2.24 bits per heavy atom. The van der Waals surface area contributed by atoms with E-state index in [0.29, 0.717) is 24.5 Å². The predicted molar refractivity (Wildman–Crippen MR) is 77.6 cm³/mol. The zero-order chi connectivity index (χ0) is 16.0. The Kier molecular flexibility index (Phi) is 5.72. The minimum atomic E-state index is -1.27. The van der Waals surface area contributed by atoms with Crippen LogP contribution < -0.4 is 4.74 Å². The van der Waals surface area contributed by atoms with Crippen LogP contribution in [0.15, 0.2) is 24.3 Å². The van der Waals surface area contributed by atoms with Gasteiger partial charge in [0.05, 0.1) is 6.61 Å². The lowest BCUT2D eigenvalue weighted by Gasteiger charge is -2.31. The molecule has 0 saturated heterocycles. The lowest BCUT2D eigenvalue weighted by atomic mass is 10.0. The van der Waals surface area contributed by atoms with Gasteiger partial charge in [-0.25, -0.2) is 4.79 Å². The van der Waals surface area contributed by atoms with Gasteiger partial charge >= 0.3 is 5.97 Å². The first-order chi connectivity index (χ1) is 9.80. The summed E-state index contributed by atoms with van der Waals surface area (Å²) in [5, 5.41) is 9.15. The van der Waals surface area contributed by atoms with Crippen LogP contribution in [0, 0.1) is 0 Å². The standard InChI is InChI=1S/C15H21NO5/c1-15(2,14(18)19)16(3)13(17)11-5-7-12(8-6-11)21-10-9-20-4/h5-8H,9-10H2,1-4H3,(H,18,19). The molecule has 0 bridgehead atoms. The van der Waals surface area contributed by atoms with Crippen LogP contribution in [-0.2, 0) is 9.53 Å². The maximum atomic E-state index is 12.3. The number of carbonyl (C=O) groups excluding carboxylic acids is 1. The molecule has 0 fully saturated rings. The molecule has 0 radical (unpaired) electrons. The maximum absolute atomic E-state index is 12.3. The summed E-state index contributed by atoms with van der Waals surface area (Å²) in [5.74, 6) is -0.785. The van der Waals surface area contributed by atoms with Crippen LogP contribution in [0.5, 0.6) is 5.75 Å². The fourth-order valence-corrected chi connectivity index (χ4v) is 1.53. The molecular formula is C15H21NO5. The second-order valence-electron chi connectivity index (χ2n) is 5.09. The minimum absolute atomic E-state index is 0.356. The Morgan fingerprint density at radius 1 is 1.19 bits per heavy atom. The number of ether oxygens (including phenoxy) is 2. The van der Waals surface area contributed by atoms with Crippen LogP contribution >= 0.6 is 0 Å². The fourth-order valence-electron chi connectivity index (χ4n) is 1.53. The lowest BCUT2D eigenvalue weighted by Crippen LogP contribution is -2.50. The Hall–Kier alpha value is -2.08. The van der Waals surface area contributed by atoms with Crippen LogP contribution in [0.25, 0.3) is 0 Å². The number of carboxylic acids is 1. The van der Waals surface area contributed by atoms with Crippen molar-refractivity contribution in [3.05, 3.63) is 29.8 Å². The molecule has 0 aromatic heterocycles. The second-order valence-corrected chi connectivity index (χ2v) is 5.09. The zero-order valence-corrected chi connectivity index (χ0v) is 12.8. The molecule has 0 aliphatic rings. The quantitative estimate of drug-likeness (QED) is 0.774. The van der Waals surface area contributed by atoms with Crippen LogP contribution in [0.1, 0.15) is 24.2 Å². The molecule has 6 heteroatoms. The predicted octanol–water partition coefficient (Wildman–Crippen LogP) is 1.65. The lowest BCUT2D eigenvalue weighted by molar-refractivity contribution is -0.147. The van der Waals surface area contributed by atoms with Crippen molar-refractivity contribution in [3.63, 3.8) is 0 Å². The van der Waals surface area contributed by atoms with E-state index in [1.807, 2.05) is 0 Å². The highest BCUT2D eigenvalue weighted by Gasteiger charge is 2.35. The molecule has 1 rings (SSSR count). The van der Waals surface area contributed by atoms with E-state index in [0.717, 1.165) is 0 Å². The van der Waals surface area contributed by atoms with Crippen molar-refractivity contribution < 1.29 is 24.2 Å². The average molecular weight is 295 g/mol. The topological polar surface area (TPSA) is 76.1 Å². The van der Waals surface area contributed by atoms with E-state index in [9.17, 15) is 9.59 Å². The van der Waals surface area contributed by atoms with Crippen molar-refractivity contribution in [3.8, 4) is 5.75 Å². The third kappa shape index (κ3) is 4.19. The first kappa shape index (κ1) is 17.0. The molecule has 0 heterocycles. The van der Waals surface area contributed by atoms with E-state index in [-0.39, 0.29) is 5.91 Å². The Morgan fingerprint density at radius 2 is 1.76 bits per heavy atom. The molecule has 116 valence electrons. The van der Waals surface area contributed by atoms with Gasteiger partial charge in [-0.2, -0.15) is 0 Å². The van der Waals surface area contributed by atoms with Crippen LogP contribution in [0.2, 0.25) is 0 Å². The van der Waals surface area contributed by atoms with Crippen molar-refractivity contribution in [2.45, 2.75) is 19.4 Å². The van der Waals surface area contributed by atoms with Crippen molar-refractivity contribution in [2.24, 2.45) is 0 Å². The molecule has 1 N–H and O–H groups in total. The van der Waals surface area contributed by atoms with Gasteiger partial charge in [-0.1, -0.05) is 0 Å². The van der Waals surface area contributed by atoms with E-state index >= 15 is 0 Å². The zero-order valence-electron chi connectivity index (χ0n) is 12.8.